The number of aryl methyl sites for hydroxylation is 2. The van der Waals surface area contributed by atoms with Crippen LogP contribution in [0.3, 0.4) is 0 Å². The number of hydrogen-bond acceptors (Lipinski definition) is 2. The first-order chi connectivity index (χ1) is 9.47. The molecule has 0 heterocycles. The maximum atomic E-state index is 9.78. The van der Waals surface area contributed by atoms with Gasteiger partial charge in [0.1, 0.15) is 5.75 Å². The predicted molar refractivity (Wildman–Crippen MR) is 84.3 cm³/mol. The Morgan fingerprint density at radius 1 is 1.10 bits per heavy atom. The van der Waals surface area contributed by atoms with Gasteiger partial charge in [0, 0.05) is 17.6 Å². The fraction of sp³-hybridized carbons (Fsp3) is 0.294. The van der Waals surface area contributed by atoms with E-state index in [1.165, 1.54) is 11.1 Å². The number of halogens is 1. The Hall–Kier alpha value is -1.51. The molecule has 0 fully saturated rings. The van der Waals surface area contributed by atoms with Crippen LogP contribution >= 0.6 is 11.6 Å². The number of nitrogens with one attached hydrogen (secondary N) is 1. The Kier molecular flexibility index (Phi) is 4.69. The van der Waals surface area contributed by atoms with E-state index >= 15 is 0 Å². The van der Waals surface area contributed by atoms with E-state index in [9.17, 15) is 5.11 Å². The molecule has 2 nitrogen and oxygen atoms in total. The van der Waals surface area contributed by atoms with E-state index in [0.29, 0.717) is 5.75 Å². The van der Waals surface area contributed by atoms with Gasteiger partial charge in [-0.1, -0.05) is 35.9 Å². The van der Waals surface area contributed by atoms with E-state index in [0.717, 1.165) is 22.7 Å². The van der Waals surface area contributed by atoms with Crippen molar-refractivity contribution in [1.29, 1.82) is 0 Å². The van der Waals surface area contributed by atoms with Gasteiger partial charge in [-0.2, -0.15) is 0 Å². The Labute approximate surface area is 125 Å². The van der Waals surface area contributed by atoms with E-state index in [1.54, 1.807) is 0 Å². The predicted octanol–water partition coefficient (Wildman–Crippen LogP) is 4.51. The van der Waals surface area contributed by atoms with Crippen LogP contribution in [0.4, 0.5) is 0 Å². The maximum absolute atomic E-state index is 9.78. The zero-order valence-corrected chi connectivity index (χ0v) is 12.8. The maximum Gasteiger partial charge on any atom is 0.121 e. The molecule has 0 radical (unpaired) electrons. The summed E-state index contributed by atoms with van der Waals surface area (Å²) in [6.07, 6.45) is 0. The summed E-state index contributed by atoms with van der Waals surface area (Å²) in [5.41, 5.74) is 4.22. The lowest BCUT2D eigenvalue weighted by Gasteiger charge is -2.15. The Morgan fingerprint density at radius 3 is 2.20 bits per heavy atom. The van der Waals surface area contributed by atoms with Crippen molar-refractivity contribution >= 4 is 11.6 Å². The molecule has 20 heavy (non-hydrogen) atoms. The molecule has 2 N–H and O–H groups in total. The highest BCUT2D eigenvalue weighted by molar-refractivity contribution is 6.30. The van der Waals surface area contributed by atoms with Gasteiger partial charge in [0.15, 0.2) is 0 Å². The van der Waals surface area contributed by atoms with Gasteiger partial charge in [0.25, 0.3) is 0 Å². The van der Waals surface area contributed by atoms with Crippen LogP contribution in [0.15, 0.2) is 36.4 Å². The third-order valence-electron chi connectivity index (χ3n) is 3.53. The number of hydrogen-bond donors (Lipinski definition) is 2. The first kappa shape index (κ1) is 14.9. The average Bonchev–Trinajstić information content (AvgIpc) is 2.42. The van der Waals surface area contributed by atoms with Gasteiger partial charge in [-0.25, -0.2) is 0 Å². The molecule has 0 bridgehead atoms. The third-order valence-corrected chi connectivity index (χ3v) is 3.79. The fourth-order valence-corrected chi connectivity index (χ4v) is 2.41. The molecule has 0 saturated heterocycles. The quantitative estimate of drug-likeness (QED) is 0.868. The Morgan fingerprint density at radius 2 is 1.65 bits per heavy atom. The Bertz CT molecular complexity index is 569. The summed E-state index contributed by atoms with van der Waals surface area (Å²) in [7, 11) is 0. The molecule has 0 aliphatic rings. The lowest BCUT2D eigenvalue weighted by Crippen LogP contribution is -2.18. The lowest BCUT2D eigenvalue weighted by atomic mass is 10.0. The molecule has 1 atom stereocenters. The smallest absolute Gasteiger partial charge is 0.121 e. The SMILES string of the molecule is Cc1cc(CN[C@H](C)c2ccc(Cl)cc2)cc(C)c1O. The molecule has 2 rings (SSSR count). The lowest BCUT2D eigenvalue weighted by molar-refractivity contribution is 0.466. The molecular formula is C17H20ClNO. The van der Waals surface area contributed by atoms with E-state index in [1.807, 2.05) is 50.2 Å². The van der Waals surface area contributed by atoms with Gasteiger partial charge in [-0.3, -0.25) is 0 Å². The molecule has 0 aromatic heterocycles. The number of phenols is 1. The molecule has 3 heteroatoms. The second-order valence-corrected chi connectivity index (χ2v) is 5.67. The third kappa shape index (κ3) is 3.53. The van der Waals surface area contributed by atoms with Crippen molar-refractivity contribution in [3.8, 4) is 5.75 Å². The van der Waals surface area contributed by atoms with Crippen LogP contribution < -0.4 is 5.32 Å². The Balaban J connectivity index is 2.03. The molecule has 2 aromatic rings. The molecule has 0 aliphatic heterocycles. The molecule has 106 valence electrons. The highest BCUT2D eigenvalue weighted by atomic mass is 35.5. The molecule has 0 amide bonds. The van der Waals surface area contributed by atoms with Crippen molar-refractivity contribution in [3.63, 3.8) is 0 Å². The van der Waals surface area contributed by atoms with Crippen LogP contribution in [0.1, 0.15) is 35.2 Å². The highest BCUT2D eigenvalue weighted by Gasteiger charge is 2.07. The minimum absolute atomic E-state index is 0.252. The minimum atomic E-state index is 0.252. The standard InChI is InChI=1S/C17H20ClNO/c1-11-8-14(9-12(2)17(11)20)10-19-13(3)15-4-6-16(18)7-5-15/h4-9,13,19-20H,10H2,1-3H3/t13-/m1/s1. The summed E-state index contributed by atoms with van der Waals surface area (Å²) in [5, 5.41) is 14.0. The zero-order chi connectivity index (χ0) is 14.7. The van der Waals surface area contributed by atoms with Crippen molar-refractivity contribution in [3.05, 3.63) is 63.7 Å². The average molecular weight is 290 g/mol. The normalized spacial score (nSPS) is 12.4. The van der Waals surface area contributed by atoms with Gasteiger partial charge in [-0.05, 0) is 55.2 Å². The summed E-state index contributed by atoms with van der Waals surface area (Å²) in [6.45, 7) is 6.75. The number of rotatable bonds is 4. The van der Waals surface area contributed by atoms with E-state index in [2.05, 4.69) is 12.2 Å². The first-order valence-corrected chi connectivity index (χ1v) is 7.13. The summed E-state index contributed by atoms with van der Waals surface area (Å²) in [5.74, 6) is 0.388. The van der Waals surface area contributed by atoms with E-state index in [-0.39, 0.29) is 6.04 Å². The van der Waals surface area contributed by atoms with Gasteiger partial charge < -0.3 is 10.4 Å². The largest absolute Gasteiger partial charge is 0.507 e. The molecule has 0 unspecified atom stereocenters. The van der Waals surface area contributed by atoms with Crippen LogP contribution in [0.25, 0.3) is 0 Å². The van der Waals surface area contributed by atoms with Crippen LogP contribution in [0.5, 0.6) is 5.75 Å². The molecular weight excluding hydrogens is 270 g/mol. The van der Waals surface area contributed by atoms with E-state index in [4.69, 9.17) is 11.6 Å². The van der Waals surface area contributed by atoms with Gasteiger partial charge >= 0.3 is 0 Å². The zero-order valence-electron chi connectivity index (χ0n) is 12.1. The highest BCUT2D eigenvalue weighted by Crippen LogP contribution is 2.23. The van der Waals surface area contributed by atoms with Crippen molar-refractivity contribution in [1.82, 2.24) is 5.32 Å². The van der Waals surface area contributed by atoms with Crippen molar-refractivity contribution < 1.29 is 5.11 Å². The summed E-state index contributed by atoms with van der Waals surface area (Å²) in [4.78, 5) is 0. The summed E-state index contributed by atoms with van der Waals surface area (Å²) in [6, 6.07) is 12.2. The molecule has 0 saturated carbocycles. The van der Waals surface area contributed by atoms with Gasteiger partial charge in [0.05, 0.1) is 0 Å². The number of phenolic OH excluding ortho intramolecular Hbond substituents is 1. The van der Waals surface area contributed by atoms with Crippen molar-refractivity contribution in [2.75, 3.05) is 0 Å². The van der Waals surface area contributed by atoms with Crippen LogP contribution in [-0.2, 0) is 6.54 Å². The first-order valence-electron chi connectivity index (χ1n) is 6.75. The van der Waals surface area contributed by atoms with Gasteiger partial charge in [-0.15, -0.1) is 0 Å². The van der Waals surface area contributed by atoms with Crippen LogP contribution in [0.2, 0.25) is 5.02 Å². The van der Waals surface area contributed by atoms with Crippen molar-refractivity contribution in [2.24, 2.45) is 0 Å². The fourth-order valence-electron chi connectivity index (χ4n) is 2.29. The van der Waals surface area contributed by atoms with Gasteiger partial charge in [0.2, 0.25) is 0 Å². The summed E-state index contributed by atoms with van der Waals surface area (Å²) < 4.78 is 0. The van der Waals surface area contributed by atoms with Crippen LogP contribution in [0, 0.1) is 13.8 Å². The molecule has 2 aromatic carbocycles. The molecule has 0 spiro atoms. The second-order valence-electron chi connectivity index (χ2n) is 5.23. The van der Waals surface area contributed by atoms with Crippen LogP contribution in [-0.4, -0.2) is 5.11 Å². The minimum Gasteiger partial charge on any atom is -0.507 e. The monoisotopic (exact) mass is 289 g/mol. The van der Waals surface area contributed by atoms with E-state index < -0.39 is 0 Å². The summed E-state index contributed by atoms with van der Waals surface area (Å²) >= 11 is 5.89. The topological polar surface area (TPSA) is 32.3 Å². The number of benzene rings is 2. The number of aromatic hydroxyl groups is 1. The molecule has 0 aliphatic carbocycles. The van der Waals surface area contributed by atoms with Crippen molar-refractivity contribution in [2.45, 2.75) is 33.4 Å². The second kappa shape index (κ2) is 6.29.